The maximum Gasteiger partial charge on any atom is 0.120 e. The van der Waals surface area contributed by atoms with Crippen molar-refractivity contribution in [3.8, 4) is 39.8 Å². The van der Waals surface area contributed by atoms with E-state index in [0.29, 0.717) is 19.6 Å². The van der Waals surface area contributed by atoms with Gasteiger partial charge in [0.2, 0.25) is 0 Å². The normalized spacial score (nSPS) is 10.9. The van der Waals surface area contributed by atoms with Gasteiger partial charge in [-0.05, 0) is 60.7 Å². The van der Waals surface area contributed by atoms with E-state index >= 15 is 0 Å². The Labute approximate surface area is 284 Å². The maximum atomic E-state index is 10.3. The van der Waals surface area contributed by atoms with Crippen molar-refractivity contribution in [1.82, 2.24) is 9.97 Å². The highest BCUT2D eigenvalue weighted by Crippen LogP contribution is 2.34. The first kappa shape index (κ1) is 31.1. The van der Waals surface area contributed by atoms with Crippen molar-refractivity contribution >= 4 is 28.1 Å². The van der Waals surface area contributed by atoms with Crippen molar-refractivity contribution in [2.75, 3.05) is 16.0 Å². The molecule has 7 rings (SSSR count). The van der Waals surface area contributed by atoms with E-state index in [1.165, 1.54) is 0 Å². The molecule has 49 heavy (non-hydrogen) atoms. The van der Waals surface area contributed by atoms with Gasteiger partial charge in [-0.1, -0.05) is 78.9 Å². The fourth-order valence-electron chi connectivity index (χ4n) is 5.69. The van der Waals surface area contributed by atoms with Gasteiger partial charge in [0.05, 0.1) is 22.4 Å². The number of hydrogen-bond acceptors (Lipinski definition) is 8. The largest absolute Gasteiger partial charge is 0.508 e. The van der Waals surface area contributed by atoms with Crippen molar-refractivity contribution in [3.05, 3.63) is 156 Å². The van der Waals surface area contributed by atoms with E-state index in [4.69, 9.17) is 9.97 Å². The molecule has 0 unspecified atom stereocenters. The third kappa shape index (κ3) is 7.24. The highest BCUT2D eigenvalue weighted by atomic mass is 16.3. The summed E-state index contributed by atoms with van der Waals surface area (Å²) in [5.74, 6) is 0.742. The number of anilines is 3. The quantitative estimate of drug-likeness (QED) is 0.0825. The number of nitrogens with zero attached hydrogens (tertiary/aromatic N) is 2. The van der Waals surface area contributed by atoms with E-state index < -0.39 is 0 Å². The molecular formula is C41H35N5O3. The average molecular weight is 646 g/mol. The predicted octanol–water partition coefficient (Wildman–Crippen LogP) is 8.92. The fraction of sp³-hybridized carbons (Fsp3) is 0.0732. The highest BCUT2D eigenvalue weighted by Gasteiger charge is 2.15. The monoisotopic (exact) mass is 645 g/mol. The first-order valence-electron chi connectivity index (χ1n) is 16.0. The minimum atomic E-state index is 0.246. The van der Waals surface area contributed by atoms with Gasteiger partial charge in [-0.15, -0.1) is 0 Å². The number of rotatable bonds is 11. The van der Waals surface area contributed by atoms with Gasteiger partial charge in [0, 0.05) is 64.5 Å². The molecule has 6 aromatic carbocycles. The van der Waals surface area contributed by atoms with Gasteiger partial charge in [-0.2, -0.15) is 0 Å². The molecule has 0 saturated heterocycles. The minimum Gasteiger partial charge on any atom is -0.508 e. The molecule has 1 aromatic heterocycles. The molecular weight excluding hydrogens is 610 g/mol. The first-order valence-corrected chi connectivity index (χ1v) is 16.0. The molecule has 0 fully saturated rings. The number of fused-ring (bicyclic) bond motifs is 1. The Morgan fingerprint density at radius 3 is 1.24 bits per heavy atom. The second-order valence-electron chi connectivity index (χ2n) is 11.7. The summed E-state index contributed by atoms with van der Waals surface area (Å²) in [4.78, 5) is 10.3. The lowest BCUT2D eigenvalue weighted by Crippen LogP contribution is -2.02. The van der Waals surface area contributed by atoms with Crippen LogP contribution in [0.4, 0.5) is 17.1 Å². The van der Waals surface area contributed by atoms with Gasteiger partial charge in [0.25, 0.3) is 0 Å². The summed E-state index contributed by atoms with van der Waals surface area (Å²) in [6, 6.07) is 43.8. The summed E-state index contributed by atoms with van der Waals surface area (Å²) in [6.45, 7) is 1.39. The van der Waals surface area contributed by atoms with Crippen molar-refractivity contribution < 1.29 is 15.3 Å². The average Bonchev–Trinajstić information content (AvgIpc) is 3.13. The summed E-state index contributed by atoms with van der Waals surface area (Å²) in [5, 5.41) is 41.0. The lowest BCUT2D eigenvalue weighted by molar-refractivity contribution is 0.468. The molecule has 0 bridgehead atoms. The van der Waals surface area contributed by atoms with Crippen molar-refractivity contribution in [2.45, 2.75) is 19.6 Å². The Hall–Kier alpha value is -6.54. The highest BCUT2D eigenvalue weighted by molar-refractivity contribution is 5.89. The Balaban J connectivity index is 1.24. The molecule has 0 saturated carbocycles. The van der Waals surface area contributed by atoms with Crippen molar-refractivity contribution in [1.29, 1.82) is 0 Å². The molecule has 0 spiro atoms. The van der Waals surface area contributed by atoms with Crippen LogP contribution in [0.2, 0.25) is 0 Å². The Morgan fingerprint density at radius 1 is 0.388 bits per heavy atom. The summed E-state index contributed by atoms with van der Waals surface area (Å²) in [6.07, 6.45) is 0. The van der Waals surface area contributed by atoms with Gasteiger partial charge < -0.3 is 31.3 Å². The van der Waals surface area contributed by atoms with Gasteiger partial charge >= 0.3 is 0 Å². The molecule has 0 aliphatic rings. The molecule has 242 valence electrons. The minimum absolute atomic E-state index is 0.246. The molecule has 0 amide bonds. The van der Waals surface area contributed by atoms with Crippen LogP contribution in [0.15, 0.2) is 140 Å². The number of nitrogens with one attached hydrogen (secondary N) is 3. The van der Waals surface area contributed by atoms with Crippen molar-refractivity contribution in [3.63, 3.8) is 0 Å². The number of para-hydroxylation sites is 3. The number of hydrogen-bond donors (Lipinski definition) is 6. The Kier molecular flexibility index (Phi) is 8.92. The van der Waals surface area contributed by atoms with Crippen LogP contribution in [0, 0.1) is 0 Å². The van der Waals surface area contributed by atoms with Crippen LogP contribution in [0.1, 0.15) is 16.7 Å². The van der Waals surface area contributed by atoms with Crippen LogP contribution in [0.25, 0.3) is 33.5 Å². The molecule has 1 heterocycles. The third-order valence-electron chi connectivity index (χ3n) is 8.36. The van der Waals surface area contributed by atoms with E-state index in [2.05, 4.69) is 16.0 Å². The van der Waals surface area contributed by atoms with Crippen LogP contribution in [0.3, 0.4) is 0 Å². The summed E-state index contributed by atoms with van der Waals surface area (Å²) < 4.78 is 0. The molecule has 8 nitrogen and oxygen atoms in total. The molecule has 0 aliphatic heterocycles. The molecule has 0 atom stereocenters. The van der Waals surface area contributed by atoms with Gasteiger partial charge in [-0.25, -0.2) is 9.97 Å². The smallest absolute Gasteiger partial charge is 0.120 e. The molecule has 8 heteroatoms. The van der Waals surface area contributed by atoms with E-state index in [0.717, 1.165) is 67.3 Å². The lowest BCUT2D eigenvalue weighted by atomic mass is 10.0. The lowest BCUT2D eigenvalue weighted by Gasteiger charge is -2.15. The van der Waals surface area contributed by atoms with Gasteiger partial charge in [0.15, 0.2) is 0 Å². The molecule has 0 radical (unpaired) electrons. The summed E-state index contributed by atoms with van der Waals surface area (Å²) in [5.41, 5.74) is 9.71. The first-order chi connectivity index (χ1) is 24.0. The third-order valence-corrected chi connectivity index (χ3v) is 8.36. The number of benzene rings is 6. The second-order valence-corrected chi connectivity index (χ2v) is 11.7. The van der Waals surface area contributed by atoms with E-state index in [1.54, 1.807) is 24.3 Å². The summed E-state index contributed by atoms with van der Waals surface area (Å²) >= 11 is 0. The number of aromatic hydroxyl groups is 3. The van der Waals surface area contributed by atoms with E-state index in [9.17, 15) is 15.3 Å². The van der Waals surface area contributed by atoms with Crippen LogP contribution in [0.5, 0.6) is 17.2 Å². The van der Waals surface area contributed by atoms with E-state index in [-0.39, 0.29) is 17.2 Å². The van der Waals surface area contributed by atoms with Crippen LogP contribution >= 0.6 is 0 Å². The zero-order valence-electron chi connectivity index (χ0n) is 26.6. The number of aromatic nitrogens is 2. The molecule has 0 aliphatic carbocycles. The van der Waals surface area contributed by atoms with Gasteiger partial charge in [-0.3, -0.25) is 0 Å². The van der Waals surface area contributed by atoms with Crippen LogP contribution < -0.4 is 16.0 Å². The summed E-state index contributed by atoms with van der Waals surface area (Å²) in [7, 11) is 0. The number of phenolic OH excluding ortho intramolecular Hbond substituents is 3. The van der Waals surface area contributed by atoms with E-state index in [1.807, 2.05) is 115 Å². The fourth-order valence-corrected chi connectivity index (χ4v) is 5.69. The Morgan fingerprint density at radius 2 is 0.796 bits per heavy atom. The standard InChI is InChI=1S/C41H35N5O3/c47-37-16-4-1-9-29(37)24-42-32-14-7-12-27(21-32)40-41(28-13-8-15-33(22-28)43-25-30-10-2-5-17-38(30)48)46-36-23-34(19-20-35(36)45-40)44-26-31-11-3-6-18-39(31)49/h1-23,42-44,47-49H,24-26H2. The topological polar surface area (TPSA) is 123 Å². The molecule has 7 aromatic rings. The predicted molar refractivity (Wildman–Crippen MR) is 197 cm³/mol. The van der Waals surface area contributed by atoms with Crippen LogP contribution in [-0.2, 0) is 19.6 Å². The number of phenols is 3. The van der Waals surface area contributed by atoms with Crippen molar-refractivity contribution in [2.24, 2.45) is 0 Å². The Bertz CT molecular complexity index is 2250. The van der Waals surface area contributed by atoms with Crippen LogP contribution in [-0.4, -0.2) is 25.3 Å². The second kappa shape index (κ2) is 14.1. The SMILES string of the molecule is Oc1ccccc1CNc1cccc(-c2nc3ccc(NCc4ccccc4O)cc3nc2-c2cccc(NCc3ccccc3O)c2)c1. The maximum absolute atomic E-state index is 10.3. The molecule has 6 N–H and O–H groups in total. The van der Waals surface area contributed by atoms with Gasteiger partial charge in [0.1, 0.15) is 17.2 Å². The zero-order chi connectivity index (χ0) is 33.6. The zero-order valence-corrected chi connectivity index (χ0v) is 26.6.